The summed E-state index contributed by atoms with van der Waals surface area (Å²) in [7, 11) is 0. The van der Waals surface area contributed by atoms with Gasteiger partial charge in [-0.3, -0.25) is 4.79 Å². The molecule has 0 aliphatic heterocycles. The molecule has 2 aromatic rings. The SMILES string of the molecule is Cc1nc(-c2cc(Cl)ccc2Br)[nH]c(=O)c1F. The molecule has 0 bridgehead atoms. The second-order valence-corrected chi connectivity index (χ2v) is 4.73. The van der Waals surface area contributed by atoms with E-state index in [2.05, 4.69) is 25.9 Å². The maximum atomic E-state index is 13.2. The van der Waals surface area contributed by atoms with Gasteiger partial charge in [-0.15, -0.1) is 0 Å². The minimum Gasteiger partial charge on any atom is -0.304 e. The molecule has 0 amide bonds. The Kier molecular flexibility index (Phi) is 3.31. The number of rotatable bonds is 1. The molecule has 6 heteroatoms. The molecule has 0 atom stereocenters. The molecule has 1 aromatic heterocycles. The van der Waals surface area contributed by atoms with E-state index in [0.717, 1.165) is 4.47 Å². The summed E-state index contributed by atoms with van der Waals surface area (Å²) < 4.78 is 13.9. The first-order chi connectivity index (χ1) is 7.99. The van der Waals surface area contributed by atoms with E-state index < -0.39 is 11.4 Å². The van der Waals surface area contributed by atoms with Crippen molar-refractivity contribution in [1.82, 2.24) is 9.97 Å². The number of nitrogens with one attached hydrogen (secondary N) is 1. The zero-order chi connectivity index (χ0) is 12.6. The summed E-state index contributed by atoms with van der Waals surface area (Å²) in [5, 5.41) is 0.507. The topological polar surface area (TPSA) is 45.8 Å². The van der Waals surface area contributed by atoms with Crippen LogP contribution in [0.4, 0.5) is 4.39 Å². The Morgan fingerprint density at radius 3 is 2.82 bits per heavy atom. The van der Waals surface area contributed by atoms with Crippen molar-refractivity contribution in [1.29, 1.82) is 0 Å². The lowest BCUT2D eigenvalue weighted by molar-refractivity contribution is 0.589. The highest BCUT2D eigenvalue weighted by Gasteiger charge is 2.11. The van der Waals surface area contributed by atoms with Crippen molar-refractivity contribution < 1.29 is 4.39 Å². The van der Waals surface area contributed by atoms with Crippen LogP contribution < -0.4 is 5.56 Å². The molecule has 3 nitrogen and oxygen atoms in total. The van der Waals surface area contributed by atoms with E-state index in [9.17, 15) is 9.18 Å². The van der Waals surface area contributed by atoms with E-state index in [1.165, 1.54) is 6.92 Å². The Labute approximate surface area is 110 Å². The van der Waals surface area contributed by atoms with Crippen LogP contribution in [0.1, 0.15) is 5.69 Å². The summed E-state index contributed by atoms with van der Waals surface area (Å²) in [6.45, 7) is 1.44. The van der Waals surface area contributed by atoms with Gasteiger partial charge in [0.05, 0.1) is 5.69 Å². The van der Waals surface area contributed by atoms with Crippen molar-refractivity contribution in [3.63, 3.8) is 0 Å². The van der Waals surface area contributed by atoms with Crippen molar-refractivity contribution in [2.75, 3.05) is 0 Å². The van der Waals surface area contributed by atoms with E-state index >= 15 is 0 Å². The Morgan fingerprint density at radius 2 is 2.18 bits per heavy atom. The zero-order valence-electron chi connectivity index (χ0n) is 8.72. The van der Waals surface area contributed by atoms with Gasteiger partial charge in [0.15, 0.2) is 0 Å². The third kappa shape index (κ3) is 2.40. The van der Waals surface area contributed by atoms with Gasteiger partial charge in [0, 0.05) is 15.1 Å². The monoisotopic (exact) mass is 316 g/mol. The number of aromatic nitrogens is 2. The molecule has 0 spiro atoms. The molecule has 1 aromatic carbocycles. The van der Waals surface area contributed by atoms with Crippen LogP contribution in [-0.2, 0) is 0 Å². The van der Waals surface area contributed by atoms with Crippen LogP contribution in [0.5, 0.6) is 0 Å². The van der Waals surface area contributed by atoms with Gasteiger partial charge in [0.25, 0.3) is 5.56 Å². The number of aromatic amines is 1. The Bertz CT molecular complexity index is 642. The predicted molar refractivity (Wildman–Crippen MR) is 67.7 cm³/mol. The molecule has 1 N–H and O–H groups in total. The molecule has 0 fully saturated rings. The lowest BCUT2D eigenvalue weighted by Gasteiger charge is -2.05. The Hall–Kier alpha value is -1.20. The highest BCUT2D eigenvalue weighted by molar-refractivity contribution is 9.10. The van der Waals surface area contributed by atoms with Crippen LogP contribution in [0, 0.1) is 12.7 Å². The summed E-state index contributed by atoms with van der Waals surface area (Å²) in [6.07, 6.45) is 0. The van der Waals surface area contributed by atoms with Crippen LogP contribution in [0.2, 0.25) is 5.02 Å². The minimum atomic E-state index is -0.869. The van der Waals surface area contributed by atoms with Gasteiger partial charge in [0.1, 0.15) is 5.82 Å². The fourth-order valence-corrected chi connectivity index (χ4v) is 1.98. The van der Waals surface area contributed by atoms with Crippen molar-refractivity contribution in [2.24, 2.45) is 0 Å². The number of hydrogen-bond acceptors (Lipinski definition) is 2. The van der Waals surface area contributed by atoms with Crippen LogP contribution in [0.15, 0.2) is 27.5 Å². The summed E-state index contributed by atoms with van der Waals surface area (Å²) in [4.78, 5) is 17.7. The van der Waals surface area contributed by atoms with E-state index in [1.807, 2.05) is 0 Å². The molecule has 0 aliphatic rings. The average Bonchev–Trinajstić information content (AvgIpc) is 2.28. The first-order valence-corrected chi connectivity index (χ1v) is 5.88. The van der Waals surface area contributed by atoms with E-state index in [-0.39, 0.29) is 11.5 Å². The molecular formula is C11H7BrClFN2O. The molecule has 88 valence electrons. The maximum absolute atomic E-state index is 13.2. The summed E-state index contributed by atoms with van der Waals surface area (Å²) in [6, 6.07) is 5.07. The standard InChI is InChI=1S/C11H7BrClFN2O/c1-5-9(14)11(17)16-10(15-5)7-4-6(13)2-3-8(7)12/h2-4H,1H3,(H,15,16,17). The number of nitrogens with zero attached hydrogens (tertiary/aromatic N) is 1. The van der Waals surface area contributed by atoms with Gasteiger partial charge < -0.3 is 4.98 Å². The number of hydrogen-bond donors (Lipinski definition) is 1. The average molecular weight is 318 g/mol. The normalized spacial score (nSPS) is 10.6. The smallest absolute Gasteiger partial charge is 0.287 e. The summed E-state index contributed by atoms with van der Waals surface area (Å²) >= 11 is 9.18. The van der Waals surface area contributed by atoms with Crippen LogP contribution in [0.25, 0.3) is 11.4 Å². The lowest BCUT2D eigenvalue weighted by atomic mass is 10.2. The molecule has 2 rings (SSSR count). The molecule has 0 saturated heterocycles. The van der Waals surface area contributed by atoms with Crippen LogP contribution in [-0.4, -0.2) is 9.97 Å². The summed E-state index contributed by atoms with van der Waals surface area (Å²) in [5.41, 5.74) is -0.132. The van der Waals surface area contributed by atoms with Gasteiger partial charge in [0.2, 0.25) is 5.82 Å². The largest absolute Gasteiger partial charge is 0.304 e. The fraction of sp³-hybridized carbons (Fsp3) is 0.0909. The molecule has 17 heavy (non-hydrogen) atoms. The second-order valence-electron chi connectivity index (χ2n) is 3.44. The first kappa shape index (κ1) is 12.3. The molecule has 0 radical (unpaired) electrons. The number of benzene rings is 1. The second kappa shape index (κ2) is 4.58. The zero-order valence-corrected chi connectivity index (χ0v) is 11.1. The van der Waals surface area contributed by atoms with Crippen LogP contribution in [0.3, 0.4) is 0 Å². The van der Waals surface area contributed by atoms with Crippen molar-refractivity contribution in [3.8, 4) is 11.4 Å². The van der Waals surface area contributed by atoms with Gasteiger partial charge in [-0.25, -0.2) is 4.98 Å². The van der Waals surface area contributed by atoms with Crippen LogP contribution >= 0.6 is 27.5 Å². The Balaban J connectivity index is 2.69. The number of H-pyrrole nitrogens is 1. The molecule has 0 saturated carbocycles. The number of aryl methyl sites for hydroxylation is 1. The number of halogens is 3. The predicted octanol–water partition coefficient (Wildman–Crippen LogP) is 3.30. The van der Waals surface area contributed by atoms with Crippen molar-refractivity contribution >= 4 is 27.5 Å². The van der Waals surface area contributed by atoms with Gasteiger partial charge >= 0.3 is 0 Å². The molecule has 0 unspecified atom stereocenters. The van der Waals surface area contributed by atoms with E-state index in [1.54, 1.807) is 18.2 Å². The Morgan fingerprint density at radius 1 is 1.47 bits per heavy atom. The lowest BCUT2D eigenvalue weighted by Crippen LogP contribution is -2.15. The maximum Gasteiger partial charge on any atom is 0.287 e. The minimum absolute atomic E-state index is 0.0515. The molecular weight excluding hydrogens is 310 g/mol. The van der Waals surface area contributed by atoms with E-state index in [4.69, 9.17) is 11.6 Å². The van der Waals surface area contributed by atoms with E-state index in [0.29, 0.717) is 10.6 Å². The third-order valence-corrected chi connectivity index (χ3v) is 3.14. The van der Waals surface area contributed by atoms with Gasteiger partial charge in [-0.05, 0) is 25.1 Å². The fourth-order valence-electron chi connectivity index (χ4n) is 1.38. The van der Waals surface area contributed by atoms with Crippen molar-refractivity contribution in [2.45, 2.75) is 6.92 Å². The van der Waals surface area contributed by atoms with Gasteiger partial charge in [-0.2, -0.15) is 4.39 Å². The highest BCUT2D eigenvalue weighted by Crippen LogP contribution is 2.28. The molecule has 1 heterocycles. The van der Waals surface area contributed by atoms with Crippen molar-refractivity contribution in [3.05, 3.63) is 49.6 Å². The van der Waals surface area contributed by atoms with Gasteiger partial charge in [-0.1, -0.05) is 27.5 Å². The highest BCUT2D eigenvalue weighted by atomic mass is 79.9. The quantitative estimate of drug-likeness (QED) is 0.877. The summed E-state index contributed by atoms with van der Waals surface area (Å²) in [5.74, 6) is -0.588. The first-order valence-electron chi connectivity index (χ1n) is 4.71. The molecule has 0 aliphatic carbocycles. The third-order valence-electron chi connectivity index (χ3n) is 2.21.